The van der Waals surface area contributed by atoms with Gasteiger partial charge in [-0.25, -0.2) is 4.79 Å². The van der Waals surface area contributed by atoms with Crippen molar-refractivity contribution in [1.29, 1.82) is 0 Å². The molecule has 0 saturated heterocycles. The number of rotatable bonds is 3. The zero-order chi connectivity index (χ0) is 10.2. The average molecular weight is 202 g/mol. The molecule has 0 bridgehead atoms. The molecule has 0 aromatic heterocycles. The summed E-state index contributed by atoms with van der Waals surface area (Å²) >= 11 is 0. The maximum absolute atomic E-state index is 12.3. The van der Waals surface area contributed by atoms with Crippen LogP contribution in [0.2, 0.25) is 0 Å². The highest BCUT2D eigenvalue weighted by Gasteiger charge is 2.53. The zero-order valence-electron chi connectivity index (χ0n) is 5.57. The van der Waals surface area contributed by atoms with Crippen LogP contribution in [0.5, 0.6) is 0 Å². The Morgan fingerprint density at radius 1 is 1.42 bits per heavy atom. The molecular weight excluding hydrogens is 197 g/mol. The molecular formula is C4H5F2O5P. The standard InChI is InChI=1S/C4H5F2O5P/c1-2(3(7)8)4(5,6)12(9,10)11/h1H2,(H,7,8)(H2,9,10,11). The quantitative estimate of drug-likeness (QED) is 0.454. The lowest BCUT2D eigenvalue weighted by atomic mass is 10.3. The van der Waals surface area contributed by atoms with Gasteiger partial charge < -0.3 is 14.9 Å². The molecule has 0 aromatic carbocycles. The second kappa shape index (κ2) is 2.93. The Balaban J connectivity index is 5.01. The lowest BCUT2D eigenvalue weighted by Crippen LogP contribution is -2.24. The third-order valence-electron chi connectivity index (χ3n) is 0.987. The summed E-state index contributed by atoms with van der Waals surface area (Å²) in [7, 11) is -5.79. The van der Waals surface area contributed by atoms with E-state index in [-0.39, 0.29) is 0 Å². The molecule has 0 atom stereocenters. The normalized spacial score (nSPS) is 12.7. The Bertz CT molecular complexity index is 267. The fourth-order valence-corrected chi connectivity index (χ4v) is 0.752. The van der Waals surface area contributed by atoms with Crippen LogP contribution in [0.25, 0.3) is 0 Å². The van der Waals surface area contributed by atoms with E-state index in [0.29, 0.717) is 0 Å². The van der Waals surface area contributed by atoms with Gasteiger partial charge in [-0.3, -0.25) is 4.57 Å². The third kappa shape index (κ3) is 1.88. The molecule has 0 spiro atoms. The van der Waals surface area contributed by atoms with E-state index in [1.165, 1.54) is 0 Å². The number of hydrogen-bond acceptors (Lipinski definition) is 2. The zero-order valence-corrected chi connectivity index (χ0v) is 6.46. The van der Waals surface area contributed by atoms with Gasteiger partial charge in [-0.2, -0.15) is 8.78 Å². The molecule has 8 heteroatoms. The molecule has 0 heterocycles. The summed E-state index contributed by atoms with van der Waals surface area (Å²) in [6.07, 6.45) is 0. The maximum atomic E-state index is 12.3. The topological polar surface area (TPSA) is 94.8 Å². The summed E-state index contributed by atoms with van der Waals surface area (Å²) in [6, 6.07) is 0. The van der Waals surface area contributed by atoms with Crippen LogP contribution in [0.1, 0.15) is 0 Å². The summed E-state index contributed by atoms with van der Waals surface area (Å²) in [5.41, 5.74) is -6.53. The molecule has 0 saturated carbocycles. The number of carboxylic acids is 1. The van der Waals surface area contributed by atoms with Crippen LogP contribution in [-0.2, 0) is 9.36 Å². The number of carbonyl (C=O) groups is 1. The minimum absolute atomic E-state index is 1.82. The van der Waals surface area contributed by atoms with Crippen LogP contribution in [-0.4, -0.2) is 26.5 Å². The van der Waals surface area contributed by atoms with E-state index in [9.17, 15) is 18.1 Å². The van der Waals surface area contributed by atoms with Crippen LogP contribution in [0, 0.1) is 0 Å². The number of hydrogen-bond donors (Lipinski definition) is 3. The molecule has 0 fully saturated rings. The van der Waals surface area contributed by atoms with Crippen LogP contribution < -0.4 is 0 Å². The van der Waals surface area contributed by atoms with E-state index in [1.807, 2.05) is 0 Å². The van der Waals surface area contributed by atoms with Crippen molar-refractivity contribution in [2.75, 3.05) is 0 Å². The third-order valence-corrected chi connectivity index (χ3v) is 1.99. The fourth-order valence-electron chi connectivity index (χ4n) is 0.304. The van der Waals surface area contributed by atoms with Crippen molar-refractivity contribution in [3.63, 3.8) is 0 Å². The Morgan fingerprint density at radius 3 is 1.83 bits per heavy atom. The van der Waals surface area contributed by atoms with E-state index in [1.54, 1.807) is 0 Å². The second-order valence-electron chi connectivity index (χ2n) is 1.87. The monoisotopic (exact) mass is 202 g/mol. The first kappa shape index (κ1) is 11.2. The molecule has 0 radical (unpaired) electrons. The minimum atomic E-state index is -5.79. The van der Waals surface area contributed by atoms with Crippen molar-refractivity contribution >= 4 is 13.6 Å². The van der Waals surface area contributed by atoms with E-state index in [4.69, 9.17) is 14.9 Å². The lowest BCUT2D eigenvalue weighted by molar-refractivity contribution is -0.134. The van der Waals surface area contributed by atoms with Crippen LogP contribution >= 0.6 is 7.60 Å². The van der Waals surface area contributed by atoms with Gasteiger partial charge in [0.05, 0.1) is 0 Å². The summed E-state index contributed by atoms with van der Waals surface area (Å²) < 4.78 is 34.7. The highest BCUT2D eigenvalue weighted by atomic mass is 31.2. The molecule has 0 aliphatic heterocycles. The largest absolute Gasteiger partial charge is 0.478 e. The maximum Gasteiger partial charge on any atom is 0.399 e. The number of carboxylic acid groups (broad SMARTS) is 1. The summed E-state index contributed by atoms with van der Waals surface area (Å²) in [6.45, 7) is 2.35. The van der Waals surface area contributed by atoms with Gasteiger partial charge in [-0.15, -0.1) is 0 Å². The highest BCUT2D eigenvalue weighted by molar-refractivity contribution is 7.53. The van der Waals surface area contributed by atoms with Gasteiger partial charge in [0, 0.05) is 0 Å². The molecule has 70 valence electrons. The van der Waals surface area contributed by atoms with E-state index in [2.05, 4.69) is 6.58 Å². The predicted octanol–water partition coefficient (Wildman–Crippen LogP) is 0.398. The Morgan fingerprint density at radius 2 is 1.75 bits per heavy atom. The van der Waals surface area contributed by atoms with Gasteiger partial charge in [0.15, 0.2) is 0 Å². The molecule has 0 amide bonds. The SMILES string of the molecule is C=C(C(=O)O)C(F)(F)P(=O)(O)O. The van der Waals surface area contributed by atoms with Crippen LogP contribution in [0.4, 0.5) is 8.78 Å². The van der Waals surface area contributed by atoms with Gasteiger partial charge >= 0.3 is 19.2 Å². The second-order valence-corrected chi connectivity index (χ2v) is 3.52. The van der Waals surface area contributed by atoms with Gasteiger partial charge in [0.25, 0.3) is 0 Å². The lowest BCUT2D eigenvalue weighted by Gasteiger charge is -2.16. The number of alkyl halides is 2. The Kier molecular flexibility index (Phi) is 2.74. The van der Waals surface area contributed by atoms with Crippen molar-refractivity contribution < 1.29 is 33.0 Å². The van der Waals surface area contributed by atoms with Gasteiger partial charge in [0.2, 0.25) is 0 Å². The average Bonchev–Trinajstić information content (AvgIpc) is 1.83. The van der Waals surface area contributed by atoms with Crippen molar-refractivity contribution in [3.05, 3.63) is 12.2 Å². The van der Waals surface area contributed by atoms with Gasteiger partial charge in [-0.1, -0.05) is 6.58 Å². The first-order valence-electron chi connectivity index (χ1n) is 2.47. The minimum Gasteiger partial charge on any atom is -0.478 e. The van der Waals surface area contributed by atoms with Crippen molar-refractivity contribution in [2.45, 2.75) is 5.66 Å². The molecule has 12 heavy (non-hydrogen) atoms. The van der Waals surface area contributed by atoms with E-state index in [0.717, 1.165) is 0 Å². The summed E-state index contributed by atoms with van der Waals surface area (Å²) in [5.74, 6) is -2.15. The smallest absolute Gasteiger partial charge is 0.399 e. The van der Waals surface area contributed by atoms with Gasteiger partial charge in [-0.05, 0) is 0 Å². The fraction of sp³-hybridized carbons (Fsp3) is 0.250. The van der Waals surface area contributed by atoms with E-state index >= 15 is 0 Å². The molecule has 5 nitrogen and oxygen atoms in total. The molecule has 0 aliphatic carbocycles. The first-order chi connectivity index (χ1) is 5.10. The molecule has 0 aliphatic rings. The van der Waals surface area contributed by atoms with Crippen molar-refractivity contribution in [3.8, 4) is 0 Å². The Labute approximate surface area is 65.5 Å². The van der Waals surface area contributed by atoms with Crippen LogP contribution in [0.3, 0.4) is 0 Å². The molecule has 0 aromatic rings. The highest BCUT2D eigenvalue weighted by Crippen LogP contribution is 2.56. The first-order valence-corrected chi connectivity index (χ1v) is 4.08. The molecule has 3 N–H and O–H groups in total. The summed E-state index contributed by atoms with van der Waals surface area (Å²) in [5, 5.41) is 7.96. The number of halogens is 2. The Hall–Kier alpha value is -0.780. The molecule has 0 rings (SSSR count). The number of aliphatic carboxylic acids is 1. The summed E-state index contributed by atoms with van der Waals surface area (Å²) in [4.78, 5) is 25.9. The van der Waals surface area contributed by atoms with Crippen molar-refractivity contribution in [2.24, 2.45) is 0 Å². The molecule has 0 unspecified atom stereocenters. The van der Waals surface area contributed by atoms with E-state index < -0.39 is 24.8 Å². The van der Waals surface area contributed by atoms with Crippen LogP contribution in [0.15, 0.2) is 12.2 Å². The predicted molar refractivity (Wildman–Crippen MR) is 33.8 cm³/mol. The van der Waals surface area contributed by atoms with Crippen molar-refractivity contribution in [1.82, 2.24) is 0 Å². The van der Waals surface area contributed by atoms with Gasteiger partial charge in [0.1, 0.15) is 5.57 Å².